The van der Waals surface area contributed by atoms with Crippen LogP contribution in [0, 0.1) is 11.8 Å². The Bertz CT molecular complexity index is 573. The number of hydrogen-bond donors (Lipinski definition) is 1. The fourth-order valence-electron chi connectivity index (χ4n) is 2.58. The number of carboxylic acid groups (broad SMARTS) is 1. The molecule has 23 heavy (non-hydrogen) atoms. The molecule has 1 heterocycles. The van der Waals surface area contributed by atoms with E-state index < -0.39 is 29.9 Å². The molecule has 1 amide bonds. The highest BCUT2D eigenvalue weighted by atomic mass is 16.6. The summed E-state index contributed by atoms with van der Waals surface area (Å²) >= 11 is 0. The van der Waals surface area contributed by atoms with Crippen LogP contribution in [0.15, 0.2) is 30.3 Å². The zero-order chi connectivity index (χ0) is 16.8. The highest BCUT2D eigenvalue weighted by Gasteiger charge is 2.38. The molecule has 7 nitrogen and oxygen atoms in total. The van der Waals surface area contributed by atoms with E-state index in [0.29, 0.717) is 0 Å². The van der Waals surface area contributed by atoms with Gasteiger partial charge in [0.1, 0.15) is 6.61 Å². The number of ether oxygens (including phenoxy) is 2. The Balaban J connectivity index is 1.99. The minimum atomic E-state index is -1.04. The summed E-state index contributed by atoms with van der Waals surface area (Å²) in [4.78, 5) is 36.3. The van der Waals surface area contributed by atoms with Gasteiger partial charge in [-0.15, -0.1) is 0 Å². The zero-order valence-corrected chi connectivity index (χ0v) is 12.8. The molecule has 0 aromatic heterocycles. The summed E-state index contributed by atoms with van der Waals surface area (Å²) in [6, 6.07) is 9.16. The molecule has 1 fully saturated rings. The number of rotatable bonds is 4. The van der Waals surface area contributed by atoms with E-state index in [0.717, 1.165) is 5.56 Å². The number of carboxylic acids is 1. The highest BCUT2D eigenvalue weighted by molar-refractivity contribution is 5.78. The lowest BCUT2D eigenvalue weighted by atomic mass is 9.89. The normalized spacial score (nSPS) is 20.7. The summed E-state index contributed by atoms with van der Waals surface area (Å²) in [7, 11) is 1.24. The van der Waals surface area contributed by atoms with Crippen LogP contribution < -0.4 is 0 Å². The Hall–Kier alpha value is -2.57. The summed E-state index contributed by atoms with van der Waals surface area (Å²) in [6.45, 7) is 0.220. The second-order valence-electron chi connectivity index (χ2n) is 5.44. The van der Waals surface area contributed by atoms with Gasteiger partial charge < -0.3 is 19.5 Å². The van der Waals surface area contributed by atoms with Gasteiger partial charge in [0, 0.05) is 13.1 Å². The fraction of sp³-hybridized carbons (Fsp3) is 0.438. The maximum atomic E-state index is 12.2. The lowest BCUT2D eigenvalue weighted by Crippen LogP contribution is -2.48. The first kappa shape index (κ1) is 16.8. The molecule has 1 aromatic carbocycles. The van der Waals surface area contributed by atoms with Crippen molar-refractivity contribution in [3.63, 3.8) is 0 Å². The third-order valence-electron chi connectivity index (χ3n) is 3.80. The van der Waals surface area contributed by atoms with Gasteiger partial charge >= 0.3 is 18.0 Å². The molecule has 0 spiro atoms. The van der Waals surface area contributed by atoms with Crippen molar-refractivity contribution >= 4 is 18.0 Å². The molecule has 7 heteroatoms. The van der Waals surface area contributed by atoms with Crippen molar-refractivity contribution in [1.82, 2.24) is 4.90 Å². The topological polar surface area (TPSA) is 93.1 Å². The van der Waals surface area contributed by atoms with Crippen molar-refractivity contribution in [3.05, 3.63) is 35.9 Å². The van der Waals surface area contributed by atoms with Crippen molar-refractivity contribution in [2.24, 2.45) is 11.8 Å². The van der Waals surface area contributed by atoms with Crippen LogP contribution in [-0.2, 0) is 25.7 Å². The van der Waals surface area contributed by atoms with Crippen LogP contribution in [0.2, 0.25) is 0 Å². The second-order valence-corrected chi connectivity index (χ2v) is 5.44. The summed E-state index contributed by atoms with van der Waals surface area (Å²) in [5.74, 6) is -3.02. The van der Waals surface area contributed by atoms with Crippen molar-refractivity contribution in [1.29, 1.82) is 0 Å². The van der Waals surface area contributed by atoms with E-state index in [1.54, 1.807) is 0 Å². The van der Waals surface area contributed by atoms with Gasteiger partial charge in [0.2, 0.25) is 0 Å². The number of aliphatic carboxylic acids is 1. The SMILES string of the molecule is COC(=O)C1CC(C(=O)O)CN(C(=O)OCc2ccccc2)C1. The van der Waals surface area contributed by atoms with E-state index in [1.165, 1.54) is 12.0 Å². The molecule has 0 bridgehead atoms. The van der Waals surface area contributed by atoms with E-state index in [1.807, 2.05) is 30.3 Å². The minimum Gasteiger partial charge on any atom is -0.481 e. The number of carbonyl (C=O) groups is 3. The van der Waals surface area contributed by atoms with E-state index in [2.05, 4.69) is 4.74 Å². The molecule has 124 valence electrons. The number of amides is 1. The van der Waals surface area contributed by atoms with Crippen LogP contribution in [0.25, 0.3) is 0 Å². The van der Waals surface area contributed by atoms with Crippen LogP contribution in [0.5, 0.6) is 0 Å². The van der Waals surface area contributed by atoms with Crippen LogP contribution in [0.4, 0.5) is 4.79 Å². The quantitative estimate of drug-likeness (QED) is 0.845. The first-order chi connectivity index (χ1) is 11.0. The smallest absolute Gasteiger partial charge is 0.410 e. The number of nitrogens with zero attached hydrogens (tertiary/aromatic N) is 1. The van der Waals surface area contributed by atoms with Gasteiger partial charge in [-0.2, -0.15) is 0 Å². The molecule has 2 unspecified atom stereocenters. The highest BCUT2D eigenvalue weighted by Crippen LogP contribution is 2.24. The number of methoxy groups -OCH3 is 1. The molecule has 1 aliphatic heterocycles. The first-order valence-corrected chi connectivity index (χ1v) is 7.27. The van der Waals surface area contributed by atoms with Crippen LogP contribution in [-0.4, -0.2) is 48.2 Å². The fourth-order valence-corrected chi connectivity index (χ4v) is 2.58. The molecule has 0 saturated carbocycles. The molecule has 1 N–H and O–H groups in total. The molecular weight excluding hydrogens is 302 g/mol. The van der Waals surface area contributed by atoms with Gasteiger partial charge in [0.15, 0.2) is 0 Å². The summed E-state index contributed by atoms with van der Waals surface area (Å²) < 4.78 is 9.86. The number of benzene rings is 1. The predicted octanol–water partition coefficient (Wildman–Crippen LogP) is 1.52. The van der Waals surface area contributed by atoms with E-state index in [-0.39, 0.29) is 26.1 Å². The number of hydrogen-bond acceptors (Lipinski definition) is 5. The van der Waals surface area contributed by atoms with Gasteiger partial charge in [0.05, 0.1) is 18.9 Å². The van der Waals surface area contributed by atoms with Gasteiger partial charge in [-0.25, -0.2) is 4.79 Å². The standard InChI is InChI=1S/C16H19NO6/c1-22-15(20)13-7-12(14(18)19)8-17(9-13)16(21)23-10-11-5-3-2-4-6-11/h2-6,12-13H,7-10H2,1H3,(H,18,19). The van der Waals surface area contributed by atoms with Gasteiger partial charge in [-0.1, -0.05) is 30.3 Å². The minimum absolute atomic E-state index is 0.0243. The molecule has 1 aromatic rings. The Kier molecular flexibility index (Phi) is 5.56. The van der Waals surface area contributed by atoms with Gasteiger partial charge in [-0.3, -0.25) is 9.59 Å². The largest absolute Gasteiger partial charge is 0.481 e. The van der Waals surface area contributed by atoms with Gasteiger partial charge in [0.25, 0.3) is 0 Å². The number of piperidine rings is 1. The molecule has 0 aliphatic carbocycles. The van der Waals surface area contributed by atoms with Crippen molar-refractivity contribution in [3.8, 4) is 0 Å². The first-order valence-electron chi connectivity index (χ1n) is 7.27. The van der Waals surface area contributed by atoms with E-state index >= 15 is 0 Å². The second kappa shape index (κ2) is 7.62. The van der Waals surface area contributed by atoms with Crippen LogP contribution >= 0.6 is 0 Å². The summed E-state index contributed by atoms with van der Waals surface area (Å²) in [5, 5.41) is 9.19. The Labute approximate surface area is 133 Å². The monoisotopic (exact) mass is 321 g/mol. The van der Waals surface area contributed by atoms with Crippen molar-refractivity contribution in [2.45, 2.75) is 13.0 Å². The van der Waals surface area contributed by atoms with E-state index in [4.69, 9.17) is 4.74 Å². The average Bonchev–Trinajstić information content (AvgIpc) is 2.59. The Morgan fingerprint density at radius 2 is 1.83 bits per heavy atom. The third-order valence-corrected chi connectivity index (χ3v) is 3.80. The third kappa shape index (κ3) is 4.45. The number of esters is 1. The summed E-state index contributed by atoms with van der Waals surface area (Å²) in [5.41, 5.74) is 0.831. The van der Waals surface area contributed by atoms with E-state index in [9.17, 15) is 19.5 Å². The van der Waals surface area contributed by atoms with Crippen molar-refractivity contribution in [2.75, 3.05) is 20.2 Å². The molecule has 0 radical (unpaired) electrons. The molecule has 2 rings (SSSR count). The number of carbonyl (C=O) groups excluding carboxylic acids is 2. The van der Waals surface area contributed by atoms with Crippen molar-refractivity contribution < 1.29 is 29.0 Å². The van der Waals surface area contributed by atoms with Crippen LogP contribution in [0.3, 0.4) is 0 Å². The van der Waals surface area contributed by atoms with Gasteiger partial charge in [-0.05, 0) is 12.0 Å². The Morgan fingerprint density at radius 1 is 1.17 bits per heavy atom. The molecular formula is C16H19NO6. The zero-order valence-electron chi connectivity index (χ0n) is 12.8. The maximum Gasteiger partial charge on any atom is 0.410 e. The maximum absolute atomic E-state index is 12.2. The average molecular weight is 321 g/mol. The number of likely N-dealkylation sites (tertiary alicyclic amines) is 1. The summed E-state index contributed by atoms with van der Waals surface area (Å²) in [6.07, 6.45) is -0.474. The molecule has 1 saturated heterocycles. The Morgan fingerprint density at radius 3 is 2.43 bits per heavy atom. The molecule has 1 aliphatic rings. The molecule has 2 atom stereocenters. The predicted molar refractivity (Wildman–Crippen MR) is 79.4 cm³/mol. The lowest BCUT2D eigenvalue weighted by Gasteiger charge is -2.34. The lowest BCUT2D eigenvalue weighted by molar-refractivity contribution is -0.151. The van der Waals surface area contributed by atoms with Crippen LogP contribution in [0.1, 0.15) is 12.0 Å².